The van der Waals surface area contributed by atoms with Crippen LogP contribution in [0.15, 0.2) is 0 Å². The predicted octanol–water partition coefficient (Wildman–Crippen LogP) is 3.37. The molecule has 3 nitrogen and oxygen atoms in total. The van der Waals surface area contributed by atoms with E-state index in [1.807, 2.05) is 11.8 Å². The van der Waals surface area contributed by atoms with Gasteiger partial charge in [-0.3, -0.25) is 0 Å². The van der Waals surface area contributed by atoms with Gasteiger partial charge in [-0.2, -0.15) is 11.8 Å². The van der Waals surface area contributed by atoms with Crippen LogP contribution in [0.25, 0.3) is 0 Å². The molecule has 0 radical (unpaired) electrons. The Labute approximate surface area is 133 Å². The minimum absolute atomic E-state index is 0.160. The van der Waals surface area contributed by atoms with E-state index < -0.39 is 0 Å². The molecule has 2 saturated heterocycles. The third-order valence-corrected chi connectivity index (χ3v) is 6.48. The molecule has 1 N–H and O–H groups in total. The van der Waals surface area contributed by atoms with Crippen LogP contribution in [-0.2, 0) is 9.47 Å². The Hall–Kier alpha value is 0.230. The van der Waals surface area contributed by atoms with Crippen molar-refractivity contribution in [2.24, 2.45) is 0 Å². The fraction of sp³-hybridized carbons (Fsp3) is 1.00. The molecule has 1 spiro atoms. The van der Waals surface area contributed by atoms with Gasteiger partial charge in [-0.15, -0.1) is 0 Å². The molecule has 0 aromatic rings. The van der Waals surface area contributed by atoms with E-state index in [0.29, 0.717) is 12.2 Å². The summed E-state index contributed by atoms with van der Waals surface area (Å²) >= 11 is 2.05. The molecule has 3 aliphatic rings. The molecule has 4 heteroatoms. The highest BCUT2D eigenvalue weighted by atomic mass is 32.2. The van der Waals surface area contributed by atoms with Crippen LogP contribution in [-0.4, -0.2) is 48.5 Å². The normalized spacial score (nSPS) is 40.7. The van der Waals surface area contributed by atoms with Crippen LogP contribution in [0, 0.1) is 0 Å². The zero-order valence-electron chi connectivity index (χ0n) is 13.4. The minimum atomic E-state index is 0.160. The monoisotopic (exact) mass is 313 g/mol. The van der Waals surface area contributed by atoms with Gasteiger partial charge in [0.05, 0.1) is 17.8 Å². The van der Waals surface area contributed by atoms with Crippen LogP contribution in [0.1, 0.15) is 58.3 Å². The summed E-state index contributed by atoms with van der Waals surface area (Å²) in [5.74, 6) is 2.45. The quantitative estimate of drug-likeness (QED) is 0.843. The smallest absolute Gasteiger partial charge is 0.0805 e. The lowest BCUT2D eigenvalue weighted by Crippen LogP contribution is -2.44. The molecule has 0 bridgehead atoms. The molecule has 3 fully saturated rings. The summed E-state index contributed by atoms with van der Waals surface area (Å²) in [7, 11) is 0. The first kappa shape index (κ1) is 16.1. The fourth-order valence-corrected chi connectivity index (χ4v) is 5.36. The van der Waals surface area contributed by atoms with Gasteiger partial charge >= 0.3 is 0 Å². The Kier molecular flexibility index (Phi) is 5.88. The van der Waals surface area contributed by atoms with Gasteiger partial charge in [0, 0.05) is 24.8 Å². The summed E-state index contributed by atoms with van der Waals surface area (Å²) in [6.07, 6.45) is 10.7. The van der Waals surface area contributed by atoms with Crippen LogP contribution in [0.5, 0.6) is 0 Å². The molecule has 2 atom stereocenters. The van der Waals surface area contributed by atoms with Gasteiger partial charge in [0.15, 0.2) is 0 Å². The van der Waals surface area contributed by atoms with Crippen molar-refractivity contribution in [2.45, 2.75) is 82.1 Å². The lowest BCUT2D eigenvalue weighted by atomic mass is 9.90. The van der Waals surface area contributed by atoms with Crippen molar-refractivity contribution in [3.63, 3.8) is 0 Å². The molecule has 1 aliphatic carbocycles. The molecule has 2 unspecified atom stereocenters. The zero-order valence-corrected chi connectivity index (χ0v) is 14.3. The Balaban J connectivity index is 1.41. The first-order valence-corrected chi connectivity index (χ1v) is 10.1. The van der Waals surface area contributed by atoms with Crippen molar-refractivity contribution in [2.75, 3.05) is 24.7 Å². The first-order chi connectivity index (χ1) is 10.3. The molecule has 0 aromatic heterocycles. The number of hydrogen-bond donors (Lipinski definition) is 1. The summed E-state index contributed by atoms with van der Waals surface area (Å²) in [6, 6.07) is 0.733. The summed E-state index contributed by atoms with van der Waals surface area (Å²) in [6.45, 7) is 4.30. The van der Waals surface area contributed by atoms with E-state index >= 15 is 0 Å². The zero-order chi connectivity index (χ0) is 14.5. The SMILES string of the molecule is CCCNC1CCC(OC2CCOC3(CCSC3)C2)CC1. The number of ether oxygens (including phenoxy) is 2. The first-order valence-electron chi connectivity index (χ1n) is 8.90. The predicted molar refractivity (Wildman–Crippen MR) is 89.1 cm³/mol. The van der Waals surface area contributed by atoms with Gasteiger partial charge in [-0.05, 0) is 57.2 Å². The highest BCUT2D eigenvalue weighted by molar-refractivity contribution is 7.99. The summed E-state index contributed by atoms with van der Waals surface area (Å²) in [5.41, 5.74) is 0.160. The van der Waals surface area contributed by atoms with Crippen LogP contribution in [0.4, 0.5) is 0 Å². The van der Waals surface area contributed by atoms with Crippen molar-refractivity contribution < 1.29 is 9.47 Å². The van der Waals surface area contributed by atoms with E-state index in [0.717, 1.165) is 32.0 Å². The summed E-state index contributed by atoms with van der Waals surface area (Å²) in [4.78, 5) is 0. The second-order valence-corrected chi connectivity index (χ2v) is 8.12. The summed E-state index contributed by atoms with van der Waals surface area (Å²) < 4.78 is 12.6. The largest absolute Gasteiger partial charge is 0.375 e. The van der Waals surface area contributed by atoms with Gasteiger partial charge in [0.1, 0.15) is 0 Å². The highest BCUT2D eigenvalue weighted by Gasteiger charge is 2.41. The average Bonchev–Trinajstić information content (AvgIpc) is 2.94. The molecule has 0 aromatic carbocycles. The number of thioether (sulfide) groups is 1. The molecule has 2 aliphatic heterocycles. The maximum Gasteiger partial charge on any atom is 0.0805 e. The van der Waals surface area contributed by atoms with Crippen molar-refractivity contribution >= 4 is 11.8 Å². The Bertz CT molecular complexity index is 312. The van der Waals surface area contributed by atoms with Gasteiger partial charge in [-0.1, -0.05) is 6.92 Å². The maximum absolute atomic E-state index is 6.45. The van der Waals surface area contributed by atoms with Crippen LogP contribution in [0.3, 0.4) is 0 Å². The molecule has 3 rings (SSSR count). The molecular formula is C17H31NO2S. The van der Waals surface area contributed by atoms with Crippen LogP contribution >= 0.6 is 11.8 Å². The van der Waals surface area contributed by atoms with E-state index in [4.69, 9.17) is 9.47 Å². The second kappa shape index (κ2) is 7.67. The second-order valence-electron chi connectivity index (χ2n) is 7.01. The number of rotatable bonds is 5. The van der Waals surface area contributed by atoms with E-state index in [1.54, 1.807) is 0 Å². The molecule has 0 amide bonds. The fourth-order valence-electron chi connectivity index (χ4n) is 3.99. The molecule has 2 heterocycles. The van der Waals surface area contributed by atoms with E-state index in [1.165, 1.54) is 50.0 Å². The Morgan fingerprint density at radius 3 is 2.76 bits per heavy atom. The van der Waals surface area contributed by atoms with Gasteiger partial charge in [0.2, 0.25) is 0 Å². The van der Waals surface area contributed by atoms with Gasteiger partial charge in [0.25, 0.3) is 0 Å². The Morgan fingerprint density at radius 2 is 2.05 bits per heavy atom. The van der Waals surface area contributed by atoms with E-state index in [-0.39, 0.29) is 5.60 Å². The van der Waals surface area contributed by atoms with E-state index in [9.17, 15) is 0 Å². The lowest BCUT2D eigenvalue weighted by Gasteiger charge is -2.40. The summed E-state index contributed by atoms with van der Waals surface area (Å²) in [5, 5.41) is 3.66. The topological polar surface area (TPSA) is 30.5 Å². The van der Waals surface area contributed by atoms with Crippen LogP contribution < -0.4 is 5.32 Å². The maximum atomic E-state index is 6.45. The van der Waals surface area contributed by atoms with Crippen molar-refractivity contribution in [3.05, 3.63) is 0 Å². The van der Waals surface area contributed by atoms with E-state index in [2.05, 4.69) is 12.2 Å². The molecular weight excluding hydrogens is 282 g/mol. The minimum Gasteiger partial charge on any atom is -0.375 e. The molecule has 21 heavy (non-hydrogen) atoms. The Morgan fingerprint density at radius 1 is 1.19 bits per heavy atom. The van der Waals surface area contributed by atoms with Crippen molar-refractivity contribution in [1.82, 2.24) is 5.32 Å². The lowest BCUT2D eigenvalue weighted by molar-refractivity contribution is -0.141. The van der Waals surface area contributed by atoms with Crippen molar-refractivity contribution in [3.8, 4) is 0 Å². The third kappa shape index (κ3) is 4.37. The number of hydrogen-bond acceptors (Lipinski definition) is 4. The average molecular weight is 314 g/mol. The number of nitrogens with one attached hydrogen (secondary N) is 1. The highest BCUT2D eigenvalue weighted by Crippen LogP contribution is 2.39. The van der Waals surface area contributed by atoms with Gasteiger partial charge in [-0.25, -0.2) is 0 Å². The van der Waals surface area contributed by atoms with Crippen LogP contribution in [0.2, 0.25) is 0 Å². The van der Waals surface area contributed by atoms with Gasteiger partial charge < -0.3 is 14.8 Å². The molecule has 1 saturated carbocycles. The standard InChI is InChI=1S/C17H31NO2S/c1-2-9-18-14-3-5-15(6-4-14)20-16-7-10-19-17(12-16)8-11-21-13-17/h14-16,18H,2-13H2,1H3. The molecule has 122 valence electrons. The van der Waals surface area contributed by atoms with Crippen molar-refractivity contribution in [1.29, 1.82) is 0 Å². The third-order valence-electron chi connectivity index (χ3n) is 5.26.